The second-order valence-electron chi connectivity index (χ2n) is 8.75. The molecule has 1 aromatic rings. The lowest BCUT2D eigenvalue weighted by atomic mass is 9.99. The van der Waals surface area contributed by atoms with E-state index in [1.807, 2.05) is 27.7 Å². The molecule has 3 saturated heterocycles. The zero-order valence-electron chi connectivity index (χ0n) is 17.5. The van der Waals surface area contributed by atoms with Gasteiger partial charge in [-0.3, -0.25) is 4.72 Å². The minimum absolute atomic E-state index is 0.0874. The zero-order chi connectivity index (χ0) is 22.2. The number of nitrogens with one attached hydrogen (secondary N) is 1. The maximum absolute atomic E-state index is 11.8. The zero-order valence-corrected chi connectivity index (χ0v) is 18.3. The first-order valence-corrected chi connectivity index (χ1v) is 11.4. The molecule has 0 aliphatic carbocycles. The number of nitrogens with two attached hydrogens (primary N) is 1. The largest absolute Gasteiger partial charge is 0.490 e. The highest BCUT2D eigenvalue weighted by atomic mass is 32.2. The van der Waals surface area contributed by atoms with Gasteiger partial charge in [0.2, 0.25) is 0 Å². The van der Waals surface area contributed by atoms with Gasteiger partial charge in [-0.1, -0.05) is 6.07 Å². The van der Waals surface area contributed by atoms with E-state index in [0.29, 0.717) is 17.0 Å². The monoisotopic (exact) mass is 455 g/mol. The molecule has 2 unspecified atom stereocenters. The molecule has 5 atom stereocenters. The van der Waals surface area contributed by atoms with E-state index in [4.69, 9.17) is 34.2 Å². The maximum atomic E-state index is 11.8. The summed E-state index contributed by atoms with van der Waals surface area (Å²) >= 11 is 0. The Balaban J connectivity index is 1.39. The third-order valence-corrected chi connectivity index (χ3v) is 6.31. The highest BCUT2D eigenvalue weighted by Crippen LogP contribution is 2.44. The second-order valence-corrected chi connectivity index (χ2v) is 10.1. The van der Waals surface area contributed by atoms with Crippen molar-refractivity contribution >= 4 is 21.7 Å². The van der Waals surface area contributed by atoms with E-state index in [-0.39, 0.29) is 12.4 Å². The van der Waals surface area contributed by atoms with Crippen LogP contribution in [-0.4, -0.2) is 63.1 Å². The summed E-state index contributed by atoms with van der Waals surface area (Å²) in [4.78, 5) is 0. The average Bonchev–Trinajstić information content (AvgIpc) is 3.12. The molecule has 3 N–H and O–H groups in total. The van der Waals surface area contributed by atoms with E-state index in [9.17, 15) is 8.42 Å². The molecule has 0 saturated carbocycles. The predicted molar refractivity (Wildman–Crippen MR) is 108 cm³/mol. The van der Waals surface area contributed by atoms with Gasteiger partial charge in [-0.15, -0.1) is 4.40 Å². The normalized spacial score (nSPS) is 36.5. The van der Waals surface area contributed by atoms with E-state index in [0.717, 1.165) is 0 Å². The number of fused-ring (bicyclic) bond motifs is 4. The molecule has 0 spiro atoms. The number of hydrogen-bond donors (Lipinski definition) is 2. The topological polar surface area (TPSA) is 140 Å². The van der Waals surface area contributed by atoms with Crippen LogP contribution < -0.4 is 15.2 Å². The predicted octanol–water partition coefficient (Wildman–Crippen LogP) is 0.838. The Labute approximate surface area is 180 Å². The van der Waals surface area contributed by atoms with Crippen molar-refractivity contribution in [1.29, 1.82) is 0 Å². The summed E-state index contributed by atoms with van der Waals surface area (Å²) in [6, 6.07) is 4.92. The summed E-state index contributed by atoms with van der Waals surface area (Å²) in [5.74, 6) is -1.41. The van der Waals surface area contributed by atoms with Crippen molar-refractivity contribution in [3.63, 3.8) is 0 Å². The van der Waals surface area contributed by atoms with E-state index in [2.05, 4.69) is 9.12 Å². The van der Waals surface area contributed by atoms with Crippen molar-refractivity contribution in [3.8, 4) is 5.75 Å². The Morgan fingerprint density at radius 2 is 1.74 bits per heavy atom. The number of amidine groups is 1. The summed E-state index contributed by atoms with van der Waals surface area (Å²) in [7, 11) is -3.88. The average molecular weight is 455 g/mol. The summed E-state index contributed by atoms with van der Waals surface area (Å²) in [6.07, 6.45) is -2.44. The standard InChI is InChI=1S/C19H25N3O8S/c1-18(2)27-13-11(26-17-15(14(13)28-18)29-19(3,4)30-17)8-25-10-7-5-6-9-12(10)16(20)22-31(23,24)21-9/h5-7,11,13-15,17,21H,8H2,1-4H3,(H2,20,22)/t11?,13-,14?,15-,17+/m0/s1. The molecule has 1 aromatic carbocycles. The van der Waals surface area contributed by atoms with Crippen LogP contribution in [0.3, 0.4) is 0 Å². The first-order chi connectivity index (χ1) is 14.4. The smallest absolute Gasteiger partial charge is 0.344 e. The highest BCUT2D eigenvalue weighted by Gasteiger charge is 2.60. The Bertz CT molecular complexity index is 1040. The van der Waals surface area contributed by atoms with E-state index in [1.165, 1.54) is 0 Å². The summed E-state index contributed by atoms with van der Waals surface area (Å²) in [6.45, 7) is 7.38. The lowest BCUT2D eigenvalue weighted by Crippen LogP contribution is -2.56. The molecule has 0 bridgehead atoms. The SMILES string of the molecule is CC1(C)OC2[C@@H](O1)C(COc1cccc3c1C(N)=NS(=O)(=O)N3)O[C@@H]1OC(C)(C)O[C@@H]21. The summed E-state index contributed by atoms with van der Waals surface area (Å²) < 4.78 is 65.6. The van der Waals surface area contributed by atoms with Crippen LogP contribution in [-0.2, 0) is 33.9 Å². The molecule has 5 rings (SSSR count). The molecular weight excluding hydrogens is 430 g/mol. The molecule has 0 aromatic heterocycles. The Kier molecular flexibility index (Phi) is 4.57. The molecular formula is C19H25N3O8S. The summed E-state index contributed by atoms with van der Waals surface area (Å²) in [5.41, 5.74) is 6.55. The number of anilines is 1. The first kappa shape index (κ1) is 20.9. The molecule has 12 heteroatoms. The van der Waals surface area contributed by atoms with E-state index >= 15 is 0 Å². The van der Waals surface area contributed by atoms with Crippen LogP contribution in [0.25, 0.3) is 0 Å². The summed E-state index contributed by atoms with van der Waals surface area (Å²) in [5, 5.41) is 0. The van der Waals surface area contributed by atoms with Gasteiger partial charge < -0.3 is 34.2 Å². The van der Waals surface area contributed by atoms with Gasteiger partial charge in [0.25, 0.3) is 0 Å². The van der Waals surface area contributed by atoms with Gasteiger partial charge in [0, 0.05) is 0 Å². The molecule has 31 heavy (non-hydrogen) atoms. The third-order valence-electron chi connectivity index (χ3n) is 5.39. The fourth-order valence-electron chi connectivity index (χ4n) is 4.34. The molecule has 170 valence electrons. The van der Waals surface area contributed by atoms with Crippen LogP contribution >= 0.6 is 0 Å². The van der Waals surface area contributed by atoms with Gasteiger partial charge in [0.1, 0.15) is 36.8 Å². The number of benzene rings is 1. The van der Waals surface area contributed by atoms with Crippen LogP contribution in [0.4, 0.5) is 5.69 Å². The lowest BCUT2D eigenvalue weighted by molar-refractivity contribution is -0.238. The van der Waals surface area contributed by atoms with Gasteiger partial charge in [-0.25, -0.2) is 0 Å². The minimum atomic E-state index is -3.88. The molecule has 0 amide bonds. The van der Waals surface area contributed by atoms with Gasteiger partial charge in [0.15, 0.2) is 23.7 Å². The molecule has 0 radical (unpaired) electrons. The highest BCUT2D eigenvalue weighted by molar-refractivity contribution is 7.91. The lowest BCUT2D eigenvalue weighted by Gasteiger charge is -2.37. The fourth-order valence-corrected chi connectivity index (χ4v) is 5.18. The van der Waals surface area contributed by atoms with Crippen molar-refractivity contribution < 1.29 is 36.8 Å². The number of rotatable bonds is 3. The van der Waals surface area contributed by atoms with Crippen molar-refractivity contribution in [2.75, 3.05) is 11.3 Å². The number of ether oxygens (including phenoxy) is 6. The van der Waals surface area contributed by atoms with Crippen molar-refractivity contribution in [2.45, 2.75) is 70.0 Å². The van der Waals surface area contributed by atoms with E-state index < -0.39 is 52.5 Å². The number of hydrogen-bond acceptors (Lipinski definition) is 9. The van der Waals surface area contributed by atoms with Gasteiger partial charge in [0.05, 0.1) is 11.3 Å². The van der Waals surface area contributed by atoms with Crippen LogP contribution in [0.5, 0.6) is 5.75 Å². The first-order valence-electron chi connectivity index (χ1n) is 9.94. The quantitative estimate of drug-likeness (QED) is 0.678. The third kappa shape index (κ3) is 3.77. The van der Waals surface area contributed by atoms with Gasteiger partial charge in [-0.2, -0.15) is 8.42 Å². The fraction of sp³-hybridized carbons (Fsp3) is 0.632. The molecule has 4 aliphatic rings. The molecule has 4 aliphatic heterocycles. The molecule has 3 fully saturated rings. The Morgan fingerprint density at radius 1 is 1.06 bits per heavy atom. The molecule has 4 heterocycles. The Hall–Kier alpha value is -1.96. The van der Waals surface area contributed by atoms with Crippen molar-refractivity contribution in [2.24, 2.45) is 10.1 Å². The Morgan fingerprint density at radius 3 is 2.52 bits per heavy atom. The second kappa shape index (κ2) is 6.77. The van der Waals surface area contributed by atoms with E-state index in [1.54, 1.807) is 18.2 Å². The number of nitrogens with zero attached hydrogens (tertiary/aromatic N) is 1. The van der Waals surface area contributed by atoms with Gasteiger partial charge in [-0.05, 0) is 39.8 Å². The van der Waals surface area contributed by atoms with Crippen LogP contribution in [0.1, 0.15) is 33.3 Å². The maximum Gasteiger partial charge on any atom is 0.344 e. The van der Waals surface area contributed by atoms with Crippen molar-refractivity contribution in [3.05, 3.63) is 23.8 Å². The van der Waals surface area contributed by atoms with Crippen LogP contribution in [0.2, 0.25) is 0 Å². The van der Waals surface area contributed by atoms with Gasteiger partial charge >= 0.3 is 10.2 Å². The van der Waals surface area contributed by atoms with Crippen LogP contribution in [0, 0.1) is 0 Å². The molecule has 11 nitrogen and oxygen atoms in total. The van der Waals surface area contributed by atoms with Crippen molar-refractivity contribution in [1.82, 2.24) is 0 Å². The minimum Gasteiger partial charge on any atom is -0.490 e. The van der Waals surface area contributed by atoms with Crippen LogP contribution in [0.15, 0.2) is 22.6 Å².